The van der Waals surface area contributed by atoms with Crippen molar-refractivity contribution in [3.63, 3.8) is 0 Å². The average molecular weight is 527 g/mol. The number of carbonyl (C=O) groups is 2. The van der Waals surface area contributed by atoms with E-state index >= 15 is 0 Å². The van der Waals surface area contributed by atoms with E-state index in [4.69, 9.17) is 4.74 Å². The fourth-order valence-corrected chi connectivity index (χ4v) is 6.50. The third kappa shape index (κ3) is 5.56. The first-order chi connectivity index (χ1) is 17.6. The Bertz CT molecular complexity index is 1280. The largest absolute Gasteiger partial charge is 0.463 e. The van der Waals surface area contributed by atoms with Crippen molar-refractivity contribution in [1.29, 1.82) is 0 Å². The number of hydrogen-bond acceptors (Lipinski definition) is 6. The summed E-state index contributed by atoms with van der Waals surface area (Å²) in [4.78, 5) is 29.9. The number of esters is 1. The molecule has 2 aromatic carbocycles. The summed E-state index contributed by atoms with van der Waals surface area (Å²) in [7, 11) is -1.99. The minimum absolute atomic E-state index is 0.209. The molecule has 0 bridgehead atoms. The number of aryl methyl sites for hydroxylation is 1. The molecule has 0 saturated carbocycles. The van der Waals surface area contributed by atoms with E-state index in [-0.39, 0.29) is 23.6 Å². The fraction of sp³-hybridized carbons (Fsp3) is 0.407. The van der Waals surface area contributed by atoms with E-state index in [2.05, 4.69) is 10.2 Å². The van der Waals surface area contributed by atoms with Gasteiger partial charge in [-0.2, -0.15) is 4.31 Å². The van der Waals surface area contributed by atoms with E-state index in [1.165, 1.54) is 9.21 Å². The van der Waals surface area contributed by atoms with Crippen LogP contribution in [-0.4, -0.2) is 80.4 Å². The number of ether oxygens (including phenoxy) is 1. The molecule has 1 N–H and O–H groups in total. The monoisotopic (exact) mass is 526 g/mol. The Hall–Kier alpha value is -3.21. The number of amides is 2. The van der Waals surface area contributed by atoms with Crippen molar-refractivity contribution in [3.05, 3.63) is 77.0 Å². The van der Waals surface area contributed by atoms with Crippen LogP contribution in [0.3, 0.4) is 0 Å². The van der Waals surface area contributed by atoms with Crippen LogP contribution in [0.15, 0.2) is 70.8 Å². The van der Waals surface area contributed by atoms with Crippen LogP contribution in [0, 0.1) is 6.92 Å². The van der Waals surface area contributed by atoms with Crippen LogP contribution in [0.1, 0.15) is 31.0 Å². The van der Waals surface area contributed by atoms with Crippen molar-refractivity contribution in [2.45, 2.75) is 37.8 Å². The molecule has 0 unspecified atom stereocenters. The van der Waals surface area contributed by atoms with Crippen LogP contribution >= 0.6 is 0 Å². The Labute approximate surface area is 218 Å². The maximum atomic E-state index is 13.2. The minimum atomic E-state index is -3.62. The van der Waals surface area contributed by atoms with Crippen LogP contribution < -0.4 is 5.32 Å². The molecule has 2 aromatic rings. The Balaban J connectivity index is 1.62. The molecule has 2 aliphatic heterocycles. The van der Waals surface area contributed by atoms with Crippen LogP contribution in [0.5, 0.6) is 0 Å². The summed E-state index contributed by atoms with van der Waals surface area (Å²) in [6, 6.07) is 14.9. The number of urea groups is 1. The fourth-order valence-electron chi connectivity index (χ4n) is 4.86. The number of nitrogens with zero attached hydrogens (tertiary/aromatic N) is 3. The van der Waals surface area contributed by atoms with Gasteiger partial charge in [0.15, 0.2) is 0 Å². The first-order valence-electron chi connectivity index (χ1n) is 12.4. The summed E-state index contributed by atoms with van der Waals surface area (Å²) < 4.78 is 33.3. The minimum Gasteiger partial charge on any atom is -0.463 e. The molecule has 4 rings (SSSR count). The first kappa shape index (κ1) is 26.8. The molecular formula is C27H34N4O5S. The van der Waals surface area contributed by atoms with Crippen LogP contribution in [0.2, 0.25) is 0 Å². The van der Waals surface area contributed by atoms with E-state index in [9.17, 15) is 18.0 Å². The Morgan fingerprint density at radius 3 is 2.38 bits per heavy atom. The highest BCUT2D eigenvalue weighted by atomic mass is 32.2. The van der Waals surface area contributed by atoms with Gasteiger partial charge in [0, 0.05) is 45.0 Å². The highest BCUT2D eigenvalue weighted by molar-refractivity contribution is 7.89. The lowest BCUT2D eigenvalue weighted by atomic mass is 9.93. The van der Waals surface area contributed by atoms with Gasteiger partial charge in [0.05, 0.1) is 23.1 Å². The zero-order valence-corrected chi connectivity index (χ0v) is 22.5. The zero-order valence-electron chi connectivity index (χ0n) is 21.7. The number of benzene rings is 2. The lowest BCUT2D eigenvalue weighted by molar-refractivity contribution is -0.139. The lowest BCUT2D eigenvalue weighted by Gasteiger charge is -2.41. The SMILES string of the molecule is CCOC(=O)C1=C(CN2CCN(S(=O)(=O)c3ccccc3)[C@@H](C)C2)N(C)C(=O)N[C@@H]1c1ccc(C)cc1. The second kappa shape index (κ2) is 11.0. The molecule has 2 heterocycles. The summed E-state index contributed by atoms with van der Waals surface area (Å²) in [5.74, 6) is -0.478. The van der Waals surface area contributed by atoms with E-state index in [0.29, 0.717) is 37.4 Å². The molecule has 9 nitrogen and oxygen atoms in total. The van der Waals surface area contributed by atoms with Gasteiger partial charge in [-0.05, 0) is 38.5 Å². The number of likely N-dealkylation sites (N-methyl/N-ethyl adjacent to an activating group) is 1. The number of piperazine rings is 1. The molecule has 1 saturated heterocycles. The van der Waals surface area contributed by atoms with Gasteiger partial charge in [0.25, 0.3) is 0 Å². The van der Waals surface area contributed by atoms with Crippen molar-refractivity contribution in [2.24, 2.45) is 0 Å². The average Bonchev–Trinajstić information content (AvgIpc) is 2.87. The Morgan fingerprint density at radius 2 is 1.76 bits per heavy atom. The number of nitrogens with one attached hydrogen (secondary N) is 1. The van der Waals surface area contributed by atoms with Crippen molar-refractivity contribution < 1.29 is 22.7 Å². The van der Waals surface area contributed by atoms with Crippen molar-refractivity contribution in [1.82, 2.24) is 19.4 Å². The van der Waals surface area contributed by atoms with Gasteiger partial charge in [-0.1, -0.05) is 48.0 Å². The van der Waals surface area contributed by atoms with Crippen LogP contribution in [-0.2, 0) is 19.6 Å². The van der Waals surface area contributed by atoms with Crippen molar-refractivity contribution >= 4 is 22.0 Å². The molecule has 2 amide bonds. The molecule has 0 radical (unpaired) electrons. The van der Waals surface area contributed by atoms with Crippen molar-refractivity contribution in [3.8, 4) is 0 Å². The van der Waals surface area contributed by atoms with Gasteiger partial charge in [0.1, 0.15) is 0 Å². The Morgan fingerprint density at radius 1 is 1.08 bits per heavy atom. The summed E-state index contributed by atoms with van der Waals surface area (Å²) >= 11 is 0. The van der Waals surface area contributed by atoms with E-state index in [0.717, 1.165) is 11.1 Å². The van der Waals surface area contributed by atoms with E-state index in [1.807, 2.05) is 38.1 Å². The summed E-state index contributed by atoms with van der Waals surface area (Å²) in [6.45, 7) is 7.33. The molecule has 2 atom stereocenters. The summed E-state index contributed by atoms with van der Waals surface area (Å²) in [5.41, 5.74) is 2.81. The highest BCUT2D eigenvalue weighted by Crippen LogP contribution is 2.32. The zero-order chi connectivity index (χ0) is 26.7. The van der Waals surface area contributed by atoms with Gasteiger partial charge >= 0.3 is 12.0 Å². The highest BCUT2D eigenvalue weighted by Gasteiger charge is 2.39. The van der Waals surface area contributed by atoms with E-state index in [1.54, 1.807) is 44.3 Å². The van der Waals surface area contributed by atoms with Crippen LogP contribution in [0.4, 0.5) is 4.79 Å². The molecule has 10 heteroatoms. The number of carbonyl (C=O) groups excluding carboxylic acids is 2. The molecule has 0 spiro atoms. The van der Waals surface area contributed by atoms with E-state index < -0.39 is 22.0 Å². The second-order valence-electron chi connectivity index (χ2n) is 9.45. The quantitative estimate of drug-likeness (QED) is 0.557. The van der Waals surface area contributed by atoms with Gasteiger partial charge < -0.3 is 10.1 Å². The normalized spacial score (nSPS) is 21.6. The Kier molecular flexibility index (Phi) is 8.01. The third-order valence-corrected chi connectivity index (χ3v) is 8.88. The smallest absolute Gasteiger partial charge is 0.338 e. The number of hydrogen-bond donors (Lipinski definition) is 1. The topological polar surface area (TPSA) is 99.3 Å². The van der Waals surface area contributed by atoms with Crippen molar-refractivity contribution in [2.75, 3.05) is 39.8 Å². The van der Waals surface area contributed by atoms with Gasteiger partial charge in [-0.15, -0.1) is 0 Å². The molecule has 0 aliphatic carbocycles. The number of rotatable bonds is 7. The molecule has 2 aliphatic rings. The standard InChI is InChI=1S/C27H34N4O5S/c1-5-36-26(32)24-23(29(4)27(33)28-25(24)21-13-11-19(2)12-14-21)18-30-15-16-31(20(3)17-30)37(34,35)22-9-7-6-8-10-22/h6-14,20,25H,5,15-18H2,1-4H3,(H,28,33)/t20-,25+/m0/s1. The molecule has 0 aromatic heterocycles. The maximum absolute atomic E-state index is 13.2. The van der Waals surface area contributed by atoms with Gasteiger partial charge in [-0.25, -0.2) is 18.0 Å². The van der Waals surface area contributed by atoms with Gasteiger partial charge in [0.2, 0.25) is 10.0 Å². The van der Waals surface area contributed by atoms with Crippen LogP contribution in [0.25, 0.3) is 0 Å². The predicted octanol–water partition coefficient (Wildman–Crippen LogP) is 2.90. The predicted molar refractivity (Wildman–Crippen MR) is 140 cm³/mol. The maximum Gasteiger partial charge on any atom is 0.338 e. The summed E-state index contributed by atoms with van der Waals surface area (Å²) in [6.07, 6.45) is 0. The molecule has 198 valence electrons. The summed E-state index contributed by atoms with van der Waals surface area (Å²) in [5, 5.41) is 2.93. The lowest BCUT2D eigenvalue weighted by Crippen LogP contribution is -2.56. The first-order valence-corrected chi connectivity index (χ1v) is 13.9. The third-order valence-electron chi connectivity index (χ3n) is 6.86. The molecule has 1 fully saturated rings. The molecule has 37 heavy (non-hydrogen) atoms. The van der Waals surface area contributed by atoms with Gasteiger partial charge in [-0.3, -0.25) is 9.80 Å². The number of sulfonamides is 1. The molecular weight excluding hydrogens is 492 g/mol. The second-order valence-corrected chi connectivity index (χ2v) is 11.3.